The van der Waals surface area contributed by atoms with E-state index >= 15 is 0 Å². The Morgan fingerprint density at radius 1 is 1.16 bits per heavy atom. The molecule has 0 radical (unpaired) electrons. The monoisotopic (exact) mass is 441 g/mol. The molecule has 5 rings (SSSR count). The third-order valence-corrected chi connectivity index (χ3v) is 6.39. The van der Waals surface area contributed by atoms with Gasteiger partial charge in [-0.15, -0.1) is 10.2 Å². The van der Waals surface area contributed by atoms with Gasteiger partial charge in [0, 0.05) is 12.2 Å². The summed E-state index contributed by atoms with van der Waals surface area (Å²) >= 11 is 1.38. The Bertz CT molecular complexity index is 1090. The number of aromatic nitrogens is 3. The topological polar surface area (TPSA) is 88.6 Å². The summed E-state index contributed by atoms with van der Waals surface area (Å²) in [5.41, 5.74) is 1.49. The summed E-state index contributed by atoms with van der Waals surface area (Å²) in [4.78, 5) is 12.8. The summed E-state index contributed by atoms with van der Waals surface area (Å²) < 4.78 is 24.5. The van der Waals surface area contributed by atoms with Crippen molar-refractivity contribution < 1.29 is 23.4 Å². The fourth-order valence-corrected chi connectivity index (χ4v) is 4.64. The van der Waals surface area contributed by atoms with E-state index in [0.29, 0.717) is 42.0 Å². The highest BCUT2D eigenvalue weighted by Gasteiger charge is 2.24. The lowest BCUT2D eigenvalue weighted by Gasteiger charge is -2.18. The van der Waals surface area contributed by atoms with Crippen LogP contribution >= 0.6 is 11.8 Å². The van der Waals surface area contributed by atoms with Crippen LogP contribution in [0.2, 0.25) is 0 Å². The van der Waals surface area contributed by atoms with Gasteiger partial charge in [-0.25, -0.2) is 0 Å². The SMILES string of the molecule is Cc1occc1-c1nnc(SCC(=O)c2ccc3c(c2)OCCO3)n1C[C@@H]1CCCO1. The molecule has 2 aromatic heterocycles. The number of hydrogen-bond donors (Lipinski definition) is 0. The second-order valence-electron chi connectivity index (χ2n) is 7.51. The molecule has 0 aliphatic carbocycles. The molecule has 9 heteroatoms. The zero-order valence-electron chi connectivity index (χ0n) is 17.2. The largest absolute Gasteiger partial charge is 0.486 e. The lowest BCUT2D eigenvalue weighted by Crippen LogP contribution is -2.17. The Morgan fingerprint density at radius 2 is 2.03 bits per heavy atom. The fourth-order valence-electron chi connectivity index (χ4n) is 3.80. The Balaban J connectivity index is 1.35. The van der Waals surface area contributed by atoms with E-state index in [1.165, 1.54) is 11.8 Å². The number of fused-ring (bicyclic) bond motifs is 1. The molecule has 1 fully saturated rings. The number of ketones is 1. The van der Waals surface area contributed by atoms with E-state index in [9.17, 15) is 4.79 Å². The van der Waals surface area contributed by atoms with E-state index in [-0.39, 0.29) is 17.6 Å². The Morgan fingerprint density at radius 3 is 2.81 bits per heavy atom. The molecule has 4 heterocycles. The van der Waals surface area contributed by atoms with Crippen LogP contribution in [0.1, 0.15) is 29.0 Å². The van der Waals surface area contributed by atoms with Crippen LogP contribution in [-0.4, -0.2) is 52.2 Å². The Hall–Kier alpha value is -2.78. The van der Waals surface area contributed by atoms with Crippen molar-refractivity contribution in [2.45, 2.75) is 37.6 Å². The molecule has 1 atom stereocenters. The van der Waals surface area contributed by atoms with Gasteiger partial charge in [0.25, 0.3) is 0 Å². The highest BCUT2D eigenvalue weighted by atomic mass is 32.2. The van der Waals surface area contributed by atoms with Gasteiger partial charge < -0.3 is 18.6 Å². The van der Waals surface area contributed by atoms with Gasteiger partial charge in [0.1, 0.15) is 19.0 Å². The third kappa shape index (κ3) is 4.20. The van der Waals surface area contributed by atoms with Gasteiger partial charge in [-0.05, 0) is 44.0 Å². The van der Waals surface area contributed by atoms with Crippen LogP contribution < -0.4 is 9.47 Å². The van der Waals surface area contributed by atoms with Crippen molar-refractivity contribution in [1.82, 2.24) is 14.8 Å². The van der Waals surface area contributed by atoms with Gasteiger partial charge in [0.15, 0.2) is 28.3 Å². The molecule has 0 N–H and O–H groups in total. The highest BCUT2D eigenvalue weighted by Crippen LogP contribution is 2.32. The van der Waals surface area contributed by atoms with E-state index < -0.39 is 0 Å². The van der Waals surface area contributed by atoms with Gasteiger partial charge in [-0.3, -0.25) is 9.36 Å². The minimum absolute atomic E-state index is 0.00492. The molecule has 0 unspecified atom stereocenters. The van der Waals surface area contributed by atoms with Crippen molar-refractivity contribution in [1.29, 1.82) is 0 Å². The quantitative estimate of drug-likeness (QED) is 0.404. The van der Waals surface area contributed by atoms with Crippen LogP contribution in [-0.2, 0) is 11.3 Å². The van der Waals surface area contributed by atoms with E-state index in [0.717, 1.165) is 36.6 Å². The maximum atomic E-state index is 12.8. The molecule has 0 amide bonds. The van der Waals surface area contributed by atoms with E-state index in [1.54, 1.807) is 24.5 Å². The number of ether oxygens (including phenoxy) is 3. The normalized spacial score (nSPS) is 17.8. The molecule has 0 saturated carbocycles. The first-order valence-electron chi connectivity index (χ1n) is 10.3. The molecule has 1 saturated heterocycles. The highest BCUT2D eigenvalue weighted by molar-refractivity contribution is 7.99. The first-order chi connectivity index (χ1) is 15.2. The van der Waals surface area contributed by atoms with Crippen molar-refractivity contribution in [2.75, 3.05) is 25.6 Å². The number of thioether (sulfide) groups is 1. The van der Waals surface area contributed by atoms with E-state index in [1.807, 2.05) is 17.6 Å². The molecular weight excluding hydrogens is 418 g/mol. The van der Waals surface area contributed by atoms with Gasteiger partial charge in [0.05, 0.1) is 30.2 Å². The number of nitrogens with zero attached hydrogens (tertiary/aromatic N) is 3. The predicted octanol–water partition coefficient (Wildman–Crippen LogP) is 3.77. The smallest absolute Gasteiger partial charge is 0.192 e. The molecular formula is C22H23N3O5S. The molecule has 162 valence electrons. The number of carbonyl (C=O) groups excluding carboxylic acids is 1. The average Bonchev–Trinajstić information content (AvgIpc) is 3.54. The maximum absolute atomic E-state index is 12.8. The Labute approximate surface area is 183 Å². The van der Waals surface area contributed by atoms with Crippen LogP contribution in [0.4, 0.5) is 0 Å². The van der Waals surface area contributed by atoms with Gasteiger partial charge in [-0.1, -0.05) is 11.8 Å². The van der Waals surface area contributed by atoms with Crippen LogP contribution in [0.5, 0.6) is 11.5 Å². The van der Waals surface area contributed by atoms with Crippen molar-refractivity contribution in [3.05, 3.63) is 41.9 Å². The predicted molar refractivity (Wildman–Crippen MR) is 114 cm³/mol. The first-order valence-corrected chi connectivity index (χ1v) is 11.3. The molecule has 0 spiro atoms. The fraction of sp³-hybridized carbons (Fsp3) is 0.409. The lowest BCUT2D eigenvalue weighted by molar-refractivity contribution is 0.0953. The van der Waals surface area contributed by atoms with Crippen LogP contribution in [0.25, 0.3) is 11.4 Å². The van der Waals surface area contributed by atoms with Crippen molar-refractivity contribution in [3.8, 4) is 22.9 Å². The summed E-state index contributed by atoms with van der Waals surface area (Å²) in [7, 11) is 0. The molecule has 1 aromatic carbocycles. The number of rotatable bonds is 7. The molecule has 2 aliphatic heterocycles. The van der Waals surface area contributed by atoms with Crippen molar-refractivity contribution in [3.63, 3.8) is 0 Å². The number of benzene rings is 1. The molecule has 0 bridgehead atoms. The number of carbonyl (C=O) groups is 1. The van der Waals surface area contributed by atoms with Gasteiger partial charge in [-0.2, -0.15) is 0 Å². The van der Waals surface area contributed by atoms with Gasteiger partial charge >= 0.3 is 0 Å². The minimum atomic E-state index is -0.00492. The number of furan rings is 1. The summed E-state index contributed by atoms with van der Waals surface area (Å²) in [6.45, 7) is 4.33. The molecule has 3 aromatic rings. The van der Waals surface area contributed by atoms with Crippen LogP contribution in [0.3, 0.4) is 0 Å². The standard InChI is InChI=1S/C22H23N3O5S/c1-14-17(6-8-27-14)21-23-24-22(25(21)12-16-3-2-7-28-16)31-13-18(26)15-4-5-19-20(11-15)30-10-9-29-19/h4-6,8,11,16H,2-3,7,9-10,12-13H2,1H3/t16-/m0/s1. The first kappa shape index (κ1) is 20.1. The second kappa shape index (κ2) is 8.76. The number of Topliss-reactive ketones (excluding diaryl/α,β-unsaturated/α-hetero) is 1. The minimum Gasteiger partial charge on any atom is -0.486 e. The zero-order chi connectivity index (χ0) is 21.2. The van der Waals surface area contributed by atoms with Crippen molar-refractivity contribution in [2.24, 2.45) is 0 Å². The second-order valence-corrected chi connectivity index (χ2v) is 8.46. The average molecular weight is 442 g/mol. The molecule has 2 aliphatic rings. The van der Waals surface area contributed by atoms with Crippen molar-refractivity contribution >= 4 is 17.5 Å². The molecule has 31 heavy (non-hydrogen) atoms. The molecule has 8 nitrogen and oxygen atoms in total. The third-order valence-electron chi connectivity index (χ3n) is 5.42. The summed E-state index contributed by atoms with van der Waals surface area (Å²) in [6, 6.07) is 7.19. The number of hydrogen-bond acceptors (Lipinski definition) is 8. The van der Waals surface area contributed by atoms with Crippen LogP contribution in [0, 0.1) is 6.92 Å². The van der Waals surface area contributed by atoms with E-state index in [2.05, 4.69) is 10.2 Å². The maximum Gasteiger partial charge on any atom is 0.192 e. The summed E-state index contributed by atoms with van der Waals surface area (Å²) in [5.74, 6) is 3.04. The summed E-state index contributed by atoms with van der Waals surface area (Å²) in [6.07, 6.45) is 3.82. The van der Waals surface area contributed by atoms with E-state index in [4.69, 9.17) is 18.6 Å². The summed E-state index contributed by atoms with van der Waals surface area (Å²) in [5, 5.41) is 9.46. The van der Waals surface area contributed by atoms with Gasteiger partial charge in [0.2, 0.25) is 0 Å². The Kier molecular flexibility index (Phi) is 5.69. The lowest BCUT2D eigenvalue weighted by atomic mass is 10.1. The number of aryl methyl sites for hydroxylation is 1. The zero-order valence-corrected chi connectivity index (χ0v) is 18.0. The van der Waals surface area contributed by atoms with Crippen LogP contribution in [0.15, 0.2) is 40.1 Å².